The normalized spacial score (nSPS) is 21.3. The van der Waals surface area contributed by atoms with E-state index in [9.17, 15) is 9.90 Å². The lowest BCUT2D eigenvalue weighted by molar-refractivity contribution is -0.122. The molecule has 1 aliphatic heterocycles. The van der Waals surface area contributed by atoms with Gasteiger partial charge in [0.05, 0.1) is 19.6 Å². The maximum atomic E-state index is 11.7. The molecule has 0 spiro atoms. The smallest absolute Gasteiger partial charge is 0.223 e. The van der Waals surface area contributed by atoms with Crippen molar-refractivity contribution in [3.63, 3.8) is 0 Å². The zero-order chi connectivity index (χ0) is 15.3. The van der Waals surface area contributed by atoms with Crippen LogP contribution in [-0.4, -0.2) is 43.0 Å². The first kappa shape index (κ1) is 15.8. The molecule has 1 saturated heterocycles. The highest BCUT2D eigenvalue weighted by atomic mass is 16.5. The quantitative estimate of drug-likeness (QED) is 0.830. The van der Waals surface area contributed by atoms with Crippen LogP contribution in [0.5, 0.6) is 5.75 Å². The Labute approximate surface area is 125 Å². The minimum Gasteiger partial charge on any atom is -0.493 e. The summed E-state index contributed by atoms with van der Waals surface area (Å²) in [5, 5.41) is 12.8. The molecule has 2 N–H and O–H groups in total. The second-order valence-electron chi connectivity index (χ2n) is 5.67. The first-order chi connectivity index (χ1) is 9.98. The predicted octanol–water partition coefficient (Wildman–Crippen LogP) is 1.34. The van der Waals surface area contributed by atoms with Crippen molar-refractivity contribution in [3.05, 3.63) is 29.3 Å². The lowest BCUT2D eigenvalue weighted by Gasteiger charge is -2.20. The molecule has 1 aromatic carbocycles. The van der Waals surface area contributed by atoms with Crippen molar-refractivity contribution in [1.29, 1.82) is 0 Å². The zero-order valence-corrected chi connectivity index (χ0v) is 12.6. The first-order valence-corrected chi connectivity index (χ1v) is 7.25. The number of hydrogen-bond donors (Lipinski definition) is 2. The van der Waals surface area contributed by atoms with Crippen LogP contribution in [0, 0.1) is 13.8 Å². The lowest BCUT2D eigenvalue weighted by Crippen LogP contribution is -2.43. The Morgan fingerprint density at radius 1 is 1.48 bits per heavy atom. The number of aliphatic hydroxyl groups is 1. The van der Waals surface area contributed by atoms with Crippen LogP contribution in [0.1, 0.15) is 24.0 Å². The molecule has 1 atom stereocenters. The number of aryl methyl sites for hydroxylation is 2. The van der Waals surface area contributed by atoms with Crippen LogP contribution in [-0.2, 0) is 9.53 Å². The first-order valence-electron chi connectivity index (χ1n) is 7.25. The Morgan fingerprint density at radius 3 is 2.95 bits per heavy atom. The zero-order valence-electron chi connectivity index (χ0n) is 12.6. The molecule has 1 aromatic rings. The Morgan fingerprint density at radius 2 is 2.29 bits per heavy atom. The van der Waals surface area contributed by atoms with Crippen molar-refractivity contribution in [2.45, 2.75) is 32.3 Å². The average Bonchev–Trinajstić information content (AvgIpc) is 2.86. The fourth-order valence-corrected chi connectivity index (χ4v) is 2.30. The molecule has 0 saturated carbocycles. The van der Waals surface area contributed by atoms with Crippen LogP contribution < -0.4 is 10.1 Å². The second kappa shape index (κ2) is 6.91. The molecule has 5 nitrogen and oxygen atoms in total. The van der Waals surface area contributed by atoms with Crippen molar-refractivity contribution >= 4 is 5.91 Å². The van der Waals surface area contributed by atoms with Crippen molar-refractivity contribution in [2.24, 2.45) is 0 Å². The summed E-state index contributed by atoms with van der Waals surface area (Å²) in [5.74, 6) is 0.677. The van der Waals surface area contributed by atoms with Gasteiger partial charge in [0, 0.05) is 19.6 Å². The molecule has 1 unspecified atom stereocenters. The van der Waals surface area contributed by atoms with Crippen molar-refractivity contribution in [2.75, 3.05) is 26.4 Å². The molecule has 116 valence electrons. The summed E-state index contributed by atoms with van der Waals surface area (Å²) in [5.41, 5.74) is 1.33. The topological polar surface area (TPSA) is 67.8 Å². The molecular formula is C16H23NO4. The van der Waals surface area contributed by atoms with E-state index in [1.165, 1.54) is 5.56 Å². The molecule has 21 heavy (non-hydrogen) atoms. The van der Waals surface area contributed by atoms with Crippen LogP contribution in [0.2, 0.25) is 0 Å². The van der Waals surface area contributed by atoms with E-state index in [1.54, 1.807) is 0 Å². The highest BCUT2D eigenvalue weighted by molar-refractivity contribution is 5.76. The summed E-state index contributed by atoms with van der Waals surface area (Å²) >= 11 is 0. The summed E-state index contributed by atoms with van der Waals surface area (Å²) in [4.78, 5) is 11.7. The van der Waals surface area contributed by atoms with Crippen LogP contribution in [0.15, 0.2) is 18.2 Å². The van der Waals surface area contributed by atoms with Crippen molar-refractivity contribution < 1.29 is 19.4 Å². The Balaban J connectivity index is 1.69. The predicted molar refractivity (Wildman–Crippen MR) is 79.4 cm³/mol. The van der Waals surface area contributed by atoms with E-state index in [0.717, 1.165) is 11.3 Å². The highest BCUT2D eigenvalue weighted by Gasteiger charge is 2.32. The number of carbonyl (C=O) groups is 1. The number of hydrogen-bond acceptors (Lipinski definition) is 4. The maximum absolute atomic E-state index is 11.7. The minimum absolute atomic E-state index is 0.125. The van der Waals surface area contributed by atoms with Gasteiger partial charge in [0.1, 0.15) is 11.4 Å². The van der Waals surface area contributed by atoms with Crippen LogP contribution in [0.3, 0.4) is 0 Å². The van der Waals surface area contributed by atoms with Gasteiger partial charge in [-0.15, -0.1) is 0 Å². The number of ether oxygens (including phenoxy) is 2. The molecule has 1 aliphatic rings. The standard InChI is InChI=1S/C16H23NO4/c1-12-3-4-14(13(2)9-12)21-7-5-15(18)17-10-16(19)6-8-20-11-16/h3-4,9,19H,5-8,10-11H2,1-2H3,(H,17,18). The Kier molecular flexibility index (Phi) is 5.20. The largest absolute Gasteiger partial charge is 0.493 e. The van der Waals surface area contributed by atoms with Crippen LogP contribution >= 0.6 is 0 Å². The number of amides is 1. The van der Waals surface area contributed by atoms with Gasteiger partial charge in [-0.3, -0.25) is 4.79 Å². The fraction of sp³-hybridized carbons (Fsp3) is 0.562. The van der Waals surface area contributed by atoms with E-state index in [-0.39, 0.29) is 25.5 Å². The molecule has 1 amide bonds. The Hall–Kier alpha value is -1.59. The van der Waals surface area contributed by atoms with Gasteiger partial charge in [-0.1, -0.05) is 17.7 Å². The van der Waals surface area contributed by atoms with E-state index in [0.29, 0.717) is 19.6 Å². The lowest BCUT2D eigenvalue weighted by atomic mass is 10.0. The summed E-state index contributed by atoms with van der Waals surface area (Å²) < 4.78 is 10.7. The maximum Gasteiger partial charge on any atom is 0.223 e. The number of carbonyl (C=O) groups excluding carboxylic acids is 1. The second-order valence-corrected chi connectivity index (χ2v) is 5.67. The van der Waals surface area contributed by atoms with E-state index in [4.69, 9.17) is 9.47 Å². The van der Waals surface area contributed by atoms with Crippen molar-refractivity contribution in [3.8, 4) is 5.75 Å². The SMILES string of the molecule is Cc1ccc(OCCC(=O)NCC2(O)CCOC2)c(C)c1. The monoisotopic (exact) mass is 293 g/mol. The van der Waals surface area contributed by atoms with Gasteiger partial charge in [0.15, 0.2) is 0 Å². The van der Waals surface area contributed by atoms with E-state index in [2.05, 4.69) is 5.32 Å². The van der Waals surface area contributed by atoms with Gasteiger partial charge in [0.25, 0.3) is 0 Å². The summed E-state index contributed by atoms with van der Waals surface area (Å²) in [6, 6.07) is 5.95. The fourth-order valence-electron chi connectivity index (χ4n) is 2.30. The summed E-state index contributed by atoms with van der Waals surface area (Å²) in [7, 11) is 0. The van der Waals surface area contributed by atoms with E-state index in [1.807, 2.05) is 32.0 Å². The van der Waals surface area contributed by atoms with Gasteiger partial charge >= 0.3 is 0 Å². The molecule has 1 heterocycles. The van der Waals surface area contributed by atoms with Gasteiger partial charge in [-0.25, -0.2) is 0 Å². The third-order valence-corrected chi connectivity index (χ3v) is 3.61. The Bertz CT molecular complexity index is 495. The molecule has 0 aromatic heterocycles. The third kappa shape index (κ3) is 4.72. The molecule has 0 aliphatic carbocycles. The molecule has 5 heteroatoms. The van der Waals surface area contributed by atoms with Gasteiger partial charge in [-0.2, -0.15) is 0 Å². The minimum atomic E-state index is -0.913. The number of benzene rings is 1. The molecule has 1 fully saturated rings. The van der Waals surface area contributed by atoms with Crippen LogP contribution in [0.4, 0.5) is 0 Å². The van der Waals surface area contributed by atoms with Gasteiger partial charge in [0.2, 0.25) is 5.91 Å². The average molecular weight is 293 g/mol. The number of nitrogens with one attached hydrogen (secondary N) is 1. The van der Waals surface area contributed by atoms with Crippen molar-refractivity contribution in [1.82, 2.24) is 5.32 Å². The molecule has 0 radical (unpaired) electrons. The van der Waals surface area contributed by atoms with Gasteiger partial charge < -0.3 is 19.9 Å². The molecule has 0 bridgehead atoms. The van der Waals surface area contributed by atoms with E-state index >= 15 is 0 Å². The number of rotatable bonds is 6. The molecular weight excluding hydrogens is 270 g/mol. The molecule has 2 rings (SSSR count). The van der Waals surface area contributed by atoms with E-state index < -0.39 is 5.60 Å². The van der Waals surface area contributed by atoms with Gasteiger partial charge in [-0.05, 0) is 25.5 Å². The summed E-state index contributed by atoms with van der Waals surface area (Å²) in [6.07, 6.45) is 0.830. The third-order valence-electron chi connectivity index (χ3n) is 3.61. The summed E-state index contributed by atoms with van der Waals surface area (Å²) in [6.45, 7) is 5.40. The highest BCUT2D eigenvalue weighted by Crippen LogP contribution is 2.19. The van der Waals surface area contributed by atoms with Crippen LogP contribution in [0.25, 0.3) is 0 Å².